The summed E-state index contributed by atoms with van der Waals surface area (Å²) in [4.78, 5) is 6.30. The SMILES string of the molecule is CC1=CC2=C(N)N=CN(c3ccc4[nH]ncc4c3)C2=CN1.Cl. The third-order valence-electron chi connectivity index (χ3n) is 3.62. The Balaban J connectivity index is 0.00000144. The summed E-state index contributed by atoms with van der Waals surface area (Å²) < 4.78 is 0. The first-order valence-electron chi connectivity index (χ1n) is 6.64. The fourth-order valence-electron chi connectivity index (χ4n) is 2.53. The molecule has 1 aromatic heterocycles. The highest BCUT2D eigenvalue weighted by molar-refractivity contribution is 5.92. The van der Waals surface area contributed by atoms with Crippen LogP contribution in [0.3, 0.4) is 0 Å². The average molecular weight is 315 g/mol. The number of nitrogens with two attached hydrogens (primary N) is 1. The molecule has 3 heterocycles. The lowest BCUT2D eigenvalue weighted by atomic mass is 10.1. The van der Waals surface area contributed by atoms with Crippen molar-refractivity contribution in [1.29, 1.82) is 0 Å². The molecule has 0 fully saturated rings. The predicted molar refractivity (Wildman–Crippen MR) is 90.5 cm³/mol. The molecule has 7 heteroatoms. The van der Waals surface area contributed by atoms with Crippen LogP contribution in [0.1, 0.15) is 6.92 Å². The number of anilines is 1. The van der Waals surface area contributed by atoms with Gasteiger partial charge in [-0.3, -0.25) is 10.00 Å². The molecule has 6 nitrogen and oxygen atoms in total. The normalized spacial score (nSPS) is 16.7. The van der Waals surface area contributed by atoms with Gasteiger partial charge >= 0.3 is 0 Å². The van der Waals surface area contributed by atoms with Crippen LogP contribution in [-0.4, -0.2) is 16.5 Å². The molecule has 0 spiro atoms. The number of aromatic nitrogens is 2. The number of hydrogen-bond acceptors (Lipinski definition) is 5. The summed E-state index contributed by atoms with van der Waals surface area (Å²) in [6, 6.07) is 6.10. The Bertz CT molecular complexity index is 858. The van der Waals surface area contributed by atoms with Gasteiger partial charge in [-0.1, -0.05) is 0 Å². The van der Waals surface area contributed by atoms with Crippen molar-refractivity contribution in [3.05, 3.63) is 59.5 Å². The predicted octanol–water partition coefficient (Wildman–Crippen LogP) is 2.35. The molecule has 1 aromatic carbocycles. The number of allylic oxidation sites excluding steroid dienone is 2. The summed E-state index contributed by atoms with van der Waals surface area (Å²) >= 11 is 0. The van der Waals surface area contributed by atoms with Gasteiger partial charge in [-0.25, -0.2) is 4.99 Å². The van der Waals surface area contributed by atoms with Gasteiger partial charge < -0.3 is 11.1 Å². The van der Waals surface area contributed by atoms with Crippen LogP contribution in [-0.2, 0) is 0 Å². The first-order chi connectivity index (χ1) is 10.2. The molecule has 2 aliphatic heterocycles. The average Bonchev–Trinajstić information content (AvgIpc) is 2.95. The zero-order valence-corrected chi connectivity index (χ0v) is 12.7. The number of fused-ring (bicyclic) bond motifs is 2. The number of hydrogen-bond donors (Lipinski definition) is 3. The highest BCUT2D eigenvalue weighted by atomic mass is 35.5. The number of nitrogens with zero attached hydrogens (tertiary/aromatic N) is 3. The summed E-state index contributed by atoms with van der Waals surface area (Å²) in [6.07, 6.45) is 7.50. The van der Waals surface area contributed by atoms with Crippen LogP contribution in [0.5, 0.6) is 0 Å². The van der Waals surface area contributed by atoms with Crippen molar-refractivity contribution in [2.45, 2.75) is 6.92 Å². The van der Waals surface area contributed by atoms with Crippen LogP contribution in [0.15, 0.2) is 64.5 Å². The Hall–Kier alpha value is -2.73. The molecule has 4 N–H and O–H groups in total. The molecule has 0 saturated heterocycles. The Morgan fingerprint density at radius 1 is 1.27 bits per heavy atom. The smallest absolute Gasteiger partial charge is 0.134 e. The summed E-state index contributed by atoms with van der Waals surface area (Å²) in [7, 11) is 0. The second-order valence-corrected chi connectivity index (χ2v) is 5.06. The summed E-state index contributed by atoms with van der Waals surface area (Å²) in [5, 5.41) is 11.3. The quantitative estimate of drug-likeness (QED) is 0.754. The van der Waals surface area contributed by atoms with Gasteiger partial charge in [0.25, 0.3) is 0 Å². The second kappa shape index (κ2) is 5.23. The molecule has 22 heavy (non-hydrogen) atoms. The Labute approximate surface area is 133 Å². The van der Waals surface area contributed by atoms with Gasteiger partial charge in [-0.2, -0.15) is 5.10 Å². The van der Waals surface area contributed by atoms with Crippen LogP contribution in [0, 0.1) is 0 Å². The van der Waals surface area contributed by atoms with Crippen LogP contribution < -0.4 is 16.0 Å². The third kappa shape index (κ3) is 2.14. The van der Waals surface area contributed by atoms with E-state index in [-0.39, 0.29) is 12.4 Å². The van der Waals surface area contributed by atoms with Gasteiger partial charge in [0.2, 0.25) is 0 Å². The van der Waals surface area contributed by atoms with Crippen molar-refractivity contribution in [3.8, 4) is 0 Å². The molecule has 0 aliphatic carbocycles. The maximum absolute atomic E-state index is 5.99. The fraction of sp³-hybridized carbons (Fsp3) is 0.0667. The number of dihydropyridines is 1. The van der Waals surface area contributed by atoms with Crippen LogP contribution in [0.25, 0.3) is 10.9 Å². The van der Waals surface area contributed by atoms with Gasteiger partial charge in [-0.05, 0) is 31.2 Å². The second-order valence-electron chi connectivity index (χ2n) is 5.06. The van der Waals surface area contributed by atoms with E-state index in [1.165, 1.54) is 0 Å². The van der Waals surface area contributed by atoms with E-state index in [1.54, 1.807) is 6.34 Å². The Morgan fingerprint density at radius 2 is 2.14 bits per heavy atom. The van der Waals surface area contributed by atoms with Crippen molar-refractivity contribution in [3.63, 3.8) is 0 Å². The van der Waals surface area contributed by atoms with E-state index in [9.17, 15) is 0 Å². The molecular formula is C15H15ClN6. The van der Waals surface area contributed by atoms with Gasteiger partial charge in [0.1, 0.15) is 12.2 Å². The van der Waals surface area contributed by atoms with Crippen molar-refractivity contribution < 1.29 is 0 Å². The lowest BCUT2D eigenvalue weighted by Crippen LogP contribution is -2.30. The molecule has 4 rings (SSSR count). The van der Waals surface area contributed by atoms with Crippen molar-refractivity contribution >= 4 is 35.3 Å². The number of H-pyrrole nitrogens is 1. The van der Waals surface area contributed by atoms with Gasteiger partial charge in [0.05, 0.1) is 17.4 Å². The molecule has 0 atom stereocenters. The molecule has 2 aliphatic rings. The monoisotopic (exact) mass is 314 g/mol. The van der Waals surface area contributed by atoms with Gasteiger partial charge in [-0.15, -0.1) is 12.4 Å². The summed E-state index contributed by atoms with van der Waals surface area (Å²) in [6.45, 7) is 1.99. The lowest BCUT2D eigenvalue weighted by Gasteiger charge is -2.30. The summed E-state index contributed by atoms with van der Waals surface area (Å²) in [5.74, 6) is 0.530. The molecule has 0 unspecified atom stereocenters. The zero-order valence-electron chi connectivity index (χ0n) is 11.9. The zero-order chi connectivity index (χ0) is 14.4. The molecule has 0 amide bonds. The first-order valence-corrected chi connectivity index (χ1v) is 6.64. The topological polar surface area (TPSA) is 82.3 Å². The van der Waals surface area contributed by atoms with E-state index in [4.69, 9.17) is 5.73 Å². The van der Waals surface area contributed by atoms with Crippen LogP contribution in [0.4, 0.5) is 5.69 Å². The first kappa shape index (κ1) is 14.2. The van der Waals surface area contributed by atoms with E-state index in [1.807, 2.05) is 42.4 Å². The Kier molecular flexibility index (Phi) is 3.38. The van der Waals surface area contributed by atoms with E-state index in [2.05, 4.69) is 26.6 Å². The number of nitrogens with one attached hydrogen (secondary N) is 2. The minimum atomic E-state index is 0. The standard InChI is InChI=1S/C15H14N6.ClH/c1-9-4-12-14(7-17-9)21(8-18-15(12)16)11-2-3-13-10(5-11)6-19-20-13;/h2-8,17H,16H2,1H3,(H,19,20);1H. The van der Waals surface area contributed by atoms with E-state index >= 15 is 0 Å². The highest BCUT2D eigenvalue weighted by Crippen LogP contribution is 2.31. The molecule has 112 valence electrons. The number of halogens is 1. The third-order valence-corrected chi connectivity index (χ3v) is 3.62. The minimum absolute atomic E-state index is 0. The largest absolute Gasteiger partial charge is 0.383 e. The maximum Gasteiger partial charge on any atom is 0.134 e. The van der Waals surface area contributed by atoms with E-state index in [0.29, 0.717) is 5.82 Å². The Morgan fingerprint density at radius 3 is 3.00 bits per heavy atom. The van der Waals surface area contributed by atoms with Gasteiger partial charge in [0, 0.05) is 28.5 Å². The summed E-state index contributed by atoms with van der Waals surface area (Å²) in [5.41, 5.74) is 11.0. The van der Waals surface area contributed by atoms with Crippen molar-refractivity contribution in [1.82, 2.24) is 15.5 Å². The molecule has 0 saturated carbocycles. The van der Waals surface area contributed by atoms with E-state index in [0.717, 1.165) is 33.6 Å². The van der Waals surface area contributed by atoms with Crippen molar-refractivity contribution in [2.75, 3.05) is 4.90 Å². The van der Waals surface area contributed by atoms with Crippen molar-refractivity contribution in [2.24, 2.45) is 10.7 Å². The number of aliphatic imine (C=N–C) groups is 1. The fourth-order valence-corrected chi connectivity index (χ4v) is 2.53. The highest BCUT2D eigenvalue weighted by Gasteiger charge is 2.22. The lowest BCUT2D eigenvalue weighted by molar-refractivity contribution is 0.972. The molecule has 0 bridgehead atoms. The maximum atomic E-state index is 5.99. The minimum Gasteiger partial charge on any atom is -0.383 e. The van der Waals surface area contributed by atoms with Gasteiger partial charge in [0.15, 0.2) is 0 Å². The number of rotatable bonds is 1. The van der Waals surface area contributed by atoms with Crippen LogP contribution in [0.2, 0.25) is 0 Å². The van der Waals surface area contributed by atoms with Crippen LogP contribution >= 0.6 is 12.4 Å². The molecule has 0 radical (unpaired) electrons. The number of aromatic amines is 1. The van der Waals surface area contributed by atoms with E-state index < -0.39 is 0 Å². The molecular weight excluding hydrogens is 300 g/mol. The molecule has 2 aromatic rings. The number of benzene rings is 1.